The fourth-order valence-corrected chi connectivity index (χ4v) is 3.49. The van der Waals surface area contributed by atoms with Crippen LogP contribution in [0.3, 0.4) is 0 Å². The van der Waals surface area contributed by atoms with Gasteiger partial charge in [0.05, 0.1) is 5.69 Å². The number of hydrogen-bond acceptors (Lipinski definition) is 4. The number of amides is 2. The van der Waals surface area contributed by atoms with Crippen LogP contribution in [0.2, 0.25) is 0 Å². The number of aromatic nitrogens is 2. The van der Waals surface area contributed by atoms with Gasteiger partial charge in [0.2, 0.25) is 0 Å². The first-order valence-electron chi connectivity index (χ1n) is 8.82. The second kappa shape index (κ2) is 7.07. The average molecular weight is 376 g/mol. The molecule has 0 radical (unpaired) electrons. The molecule has 2 amide bonds. The van der Waals surface area contributed by atoms with Crippen molar-refractivity contribution in [1.82, 2.24) is 20.6 Å². The first-order valence-corrected chi connectivity index (χ1v) is 8.82. The predicted octanol–water partition coefficient (Wildman–Crippen LogP) is 1.58. The van der Waals surface area contributed by atoms with Gasteiger partial charge in [0.1, 0.15) is 6.10 Å². The normalized spacial score (nSPS) is 18.4. The molecule has 2 heterocycles. The van der Waals surface area contributed by atoms with Crippen molar-refractivity contribution in [1.29, 1.82) is 0 Å². The molecule has 1 fully saturated rings. The van der Waals surface area contributed by atoms with Gasteiger partial charge in [-0.2, -0.15) is 5.10 Å². The van der Waals surface area contributed by atoms with Gasteiger partial charge in [-0.25, -0.2) is 13.5 Å². The number of fused-ring (bicyclic) bond motifs is 1. The van der Waals surface area contributed by atoms with Gasteiger partial charge in [-0.1, -0.05) is 0 Å². The molecule has 1 atom stereocenters. The summed E-state index contributed by atoms with van der Waals surface area (Å²) >= 11 is 0. The highest BCUT2D eigenvalue weighted by molar-refractivity contribution is 5.95. The molecule has 4 rings (SSSR count). The maximum Gasteiger partial charge on any atom is 0.290 e. The van der Waals surface area contributed by atoms with E-state index in [4.69, 9.17) is 4.74 Å². The molecule has 1 saturated heterocycles. The average Bonchev–Trinajstić information content (AvgIpc) is 3.39. The Hall–Kier alpha value is -2.81. The van der Waals surface area contributed by atoms with Crippen LogP contribution in [0.4, 0.5) is 8.78 Å². The number of ether oxygens (including phenoxy) is 1. The summed E-state index contributed by atoms with van der Waals surface area (Å²) in [5.41, 5.74) is 6.77. The van der Waals surface area contributed by atoms with Crippen molar-refractivity contribution < 1.29 is 23.1 Å². The number of carbonyl (C=O) groups is 2. The van der Waals surface area contributed by atoms with Crippen molar-refractivity contribution in [2.24, 2.45) is 0 Å². The summed E-state index contributed by atoms with van der Waals surface area (Å²) in [5.74, 6) is -2.89. The Labute approximate surface area is 153 Å². The molecule has 0 bridgehead atoms. The molecule has 0 spiro atoms. The van der Waals surface area contributed by atoms with Crippen LogP contribution in [0.5, 0.6) is 0 Å². The molecule has 2 aromatic rings. The number of carbonyl (C=O) groups excluding carboxylic acids is 2. The van der Waals surface area contributed by atoms with Gasteiger partial charge in [0, 0.05) is 23.9 Å². The number of halogens is 2. The minimum absolute atomic E-state index is 0.167. The van der Waals surface area contributed by atoms with Crippen molar-refractivity contribution in [2.75, 3.05) is 6.61 Å². The summed E-state index contributed by atoms with van der Waals surface area (Å²) in [5, 5.41) is 4.28. The molecule has 7 nitrogen and oxygen atoms in total. The minimum atomic E-state index is -0.982. The van der Waals surface area contributed by atoms with Crippen molar-refractivity contribution in [2.45, 2.75) is 38.2 Å². The number of benzene rings is 1. The molecule has 1 unspecified atom stereocenters. The van der Waals surface area contributed by atoms with Crippen LogP contribution in [-0.2, 0) is 22.4 Å². The smallest absolute Gasteiger partial charge is 0.290 e. The zero-order chi connectivity index (χ0) is 19.0. The summed E-state index contributed by atoms with van der Waals surface area (Å²) in [4.78, 5) is 24.5. The first kappa shape index (κ1) is 17.6. The van der Waals surface area contributed by atoms with Crippen molar-refractivity contribution in [3.8, 4) is 5.69 Å². The lowest BCUT2D eigenvalue weighted by molar-refractivity contribution is -0.130. The van der Waals surface area contributed by atoms with E-state index in [2.05, 4.69) is 16.0 Å². The zero-order valence-electron chi connectivity index (χ0n) is 14.4. The van der Waals surface area contributed by atoms with Gasteiger partial charge in [0.15, 0.2) is 17.3 Å². The van der Waals surface area contributed by atoms with E-state index in [-0.39, 0.29) is 5.69 Å². The van der Waals surface area contributed by atoms with E-state index in [9.17, 15) is 18.4 Å². The quantitative estimate of drug-likeness (QED) is 0.797. The summed E-state index contributed by atoms with van der Waals surface area (Å²) in [6, 6.07) is 3.47. The predicted molar refractivity (Wildman–Crippen MR) is 90.1 cm³/mol. The van der Waals surface area contributed by atoms with Gasteiger partial charge in [-0.15, -0.1) is 0 Å². The van der Waals surface area contributed by atoms with Crippen molar-refractivity contribution >= 4 is 11.8 Å². The van der Waals surface area contributed by atoms with Crippen LogP contribution in [0.15, 0.2) is 18.2 Å². The number of hydrogen-bond donors (Lipinski definition) is 2. The highest BCUT2D eigenvalue weighted by atomic mass is 19.2. The van der Waals surface area contributed by atoms with Crippen LogP contribution in [0.1, 0.15) is 41.0 Å². The molecular weight excluding hydrogens is 358 g/mol. The summed E-state index contributed by atoms with van der Waals surface area (Å²) < 4.78 is 33.5. The van der Waals surface area contributed by atoms with Crippen LogP contribution in [-0.4, -0.2) is 34.3 Å². The van der Waals surface area contributed by atoms with E-state index >= 15 is 0 Å². The third-order valence-electron chi connectivity index (χ3n) is 4.81. The highest BCUT2D eigenvalue weighted by Crippen LogP contribution is 2.28. The minimum Gasteiger partial charge on any atom is -0.368 e. The molecule has 0 saturated carbocycles. The van der Waals surface area contributed by atoms with Crippen molar-refractivity contribution in [3.63, 3.8) is 0 Å². The Bertz CT molecular complexity index is 906. The van der Waals surface area contributed by atoms with Crippen molar-refractivity contribution in [3.05, 3.63) is 46.8 Å². The molecule has 27 heavy (non-hydrogen) atoms. The molecule has 9 heteroatoms. The number of nitrogens with zero attached hydrogens (tertiary/aromatic N) is 2. The summed E-state index contributed by atoms with van der Waals surface area (Å²) in [7, 11) is 0. The van der Waals surface area contributed by atoms with Gasteiger partial charge < -0.3 is 4.74 Å². The topological polar surface area (TPSA) is 85.2 Å². The van der Waals surface area contributed by atoms with Crippen LogP contribution in [0.25, 0.3) is 5.69 Å². The highest BCUT2D eigenvalue weighted by Gasteiger charge is 2.28. The van der Waals surface area contributed by atoms with Crippen LogP contribution >= 0.6 is 0 Å². The van der Waals surface area contributed by atoms with Crippen LogP contribution in [0, 0.1) is 11.6 Å². The molecule has 1 aliphatic carbocycles. The summed E-state index contributed by atoms with van der Waals surface area (Å²) in [6.45, 7) is 0.526. The second-order valence-corrected chi connectivity index (χ2v) is 6.58. The number of hydrazine groups is 1. The monoisotopic (exact) mass is 376 g/mol. The largest absolute Gasteiger partial charge is 0.368 e. The lowest BCUT2D eigenvalue weighted by Crippen LogP contribution is -2.46. The lowest BCUT2D eigenvalue weighted by atomic mass is 10.2. The summed E-state index contributed by atoms with van der Waals surface area (Å²) in [6.07, 6.45) is 3.02. The van der Waals surface area contributed by atoms with E-state index in [1.807, 2.05) is 0 Å². The fourth-order valence-electron chi connectivity index (χ4n) is 3.49. The molecule has 1 aromatic carbocycles. The third kappa shape index (κ3) is 3.30. The van der Waals surface area contributed by atoms with Gasteiger partial charge in [-0.05, 0) is 44.2 Å². The maximum atomic E-state index is 13.6. The van der Waals surface area contributed by atoms with Crippen LogP contribution < -0.4 is 10.9 Å². The first-order chi connectivity index (χ1) is 13.0. The van der Waals surface area contributed by atoms with Gasteiger partial charge >= 0.3 is 0 Å². The molecule has 1 aliphatic heterocycles. The van der Waals surface area contributed by atoms with E-state index in [0.717, 1.165) is 36.2 Å². The lowest BCUT2D eigenvalue weighted by Gasteiger charge is -2.11. The van der Waals surface area contributed by atoms with E-state index in [1.54, 1.807) is 0 Å². The molecule has 2 N–H and O–H groups in total. The fraction of sp³-hybridized carbons (Fsp3) is 0.389. The Morgan fingerprint density at radius 3 is 2.74 bits per heavy atom. The van der Waals surface area contributed by atoms with E-state index in [1.165, 1.54) is 10.7 Å². The zero-order valence-corrected chi connectivity index (χ0v) is 14.4. The standard InChI is InChI=1S/C18H18F2N4O3/c19-12-7-6-10(9-13(12)20)24-14-4-1-3-11(14)16(23-24)18(26)22-21-17(25)15-5-2-8-27-15/h6-7,9,15H,1-5,8H2,(H,21,25)(H,22,26). The van der Waals surface area contributed by atoms with E-state index < -0.39 is 29.6 Å². The third-order valence-corrected chi connectivity index (χ3v) is 4.81. The van der Waals surface area contributed by atoms with Gasteiger partial charge in [-0.3, -0.25) is 20.4 Å². The Morgan fingerprint density at radius 2 is 2.00 bits per heavy atom. The van der Waals surface area contributed by atoms with E-state index in [0.29, 0.717) is 31.6 Å². The number of rotatable bonds is 3. The number of nitrogens with one attached hydrogen (secondary N) is 2. The molecule has 2 aliphatic rings. The SMILES string of the molecule is O=C(NNC(=O)C1CCCO1)c1nn(-c2ccc(F)c(F)c2)c2c1CCC2. The molecule has 1 aromatic heterocycles. The molecular formula is C18H18F2N4O3. The second-order valence-electron chi connectivity index (χ2n) is 6.58. The Morgan fingerprint density at radius 1 is 1.15 bits per heavy atom. The Balaban J connectivity index is 1.55. The molecule has 142 valence electrons. The van der Waals surface area contributed by atoms with Gasteiger partial charge in [0.25, 0.3) is 11.8 Å². The maximum absolute atomic E-state index is 13.6. The Kier molecular flexibility index (Phi) is 4.61.